The van der Waals surface area contributed by atoms with Crippen LogP contribution in [0.2, 0.25) is 0 Å². The van der Waals surface area contributed by atoms with Gasteiger partial charge in [0.2, 0.25) is 0 Å². The average molecular weight is 156 g/mol. The molecular formula is C8H16N2O. The summed E-state index contributed by atoms with van der Waals surface area (Å²) in [6.45, 7) is 6.67. The summed E-state index contributed by atoms with van der Waals surface area (Å²) >= 11 is 0. The molecule has 2 saturated heterocycles. The molecule has 0 aromatic rings. The van der Waals surface area contributed by atoms with Crippen LogP contribution in [0.3, 0.4) is 0 Å². The van der Waals surface area contributed by atoms with Crippen LogP contribution < -0.4 is 10.6 Å². The molecule has 0 aliphatic carbocycles. The molecule has 3 atom stereocenters. The molecule has 0 bridgehead atoms. The minimum atomic E-state index is 0.378. The van der Waals surface area contributed by atoms with Crippen LogP contribution in [0.1, 0.15) is 6.92 Å². The predicted molar refractivity (Wildman–Crippen MR) is 43.3 cm³/mol. The number of hydrogen-bond acceptors (Lipinski definition) is 3. The molecule has 2 heterocycles. The minimum absolute atomic E-state index is 0.378. The number of epoxide rings is 1. The fraction of sp³-hybridized carbons (Fsp3) is 1.00. The third-order valence-corrected chi connectivity index (χ3v) is 2.62. The second-order valence-electron chi connectivity index (χ2n) is 3.63. The van der Waals surface area contributed by atoms with Crippen molar-refractivity contribution in [2.24, 2.45) is 11.8 Å². The number of rotatable bonds is 3. The lowest BCUT2D eigenvalue weighted by atomic mass is 9.98. The molecule has 0 aromatic heterocycles. The molecule has 11 heavy (non-hydrogen) atoms. The summed E-state index contributed by atoms with van der Waals surface area (Å²) in [4.78, 5) is 0. The molecule has 0 amide bonds. The molecule has 2 aliphatic rings. The van der Waals surface area contributed by atoms with E-state index < -0.39 is 0 Å². The molecule has 0 saturated carbocycles. The Bertz CT molecular complexity index is 136. The molecule has 0 spiro atoms. The maximum atomic E-state index is 5.07. The van der Waals surface area contributed by atoms with Gasteiger partial charge in [0.15, 0.2) is 0 Å². The topological polar surface area (TPSA) is 36.6 Å². The van der Waals surface area contributed by atoms with Gasteiger partial charge in [-0.3, -0.25) is 5.32 Å². The Labute approximate surface area is 67.5 Å². The van der Waals surface area contributed by atoms with Crippen molar-refractivity contribution in [1.29, 1.82) is 0 Å². The van der Waals surface area contributed by atoms with E-state index in [9.17, 15) is 0 Å². The van der Waals surface area contributed by atoms with Gasteiger partial charge in [-0.2, -0.15) is 0 Å². The van der Waals surface area contributed by atoms with Gasteiger partial charge in [-0.15, -0.1) is 0 Å². The Kier molecular flexibility index (Phi) is 2.11. The van der Waals surface area contributed by atoms with Crippen molar-refractivity contribution in [3.05, 3.63) is 0 Å². The molecule has 0 radical (unpaired) electrons. The molecule has 0 aromatic carbocycles. The average Bonchev–Trinajstić information content (AvgIpc) is 2.73. The first-order valence-corrected chi connectivity index (χ1v) is 4.42. The molecule has 2 rings (SSSR count). The maximum absolute atomic E-state index is 5.07. The Morgan fingerprint density at radius 3 is 2.91 bits per heavy atom. The zero-order valence-corrected chi connectivity index (χ0v) is 6.97. The summed E-state index contributed by atoms with van der Waals surface area (Å²) in [5, 5.41) is 6.75. The molecule has 3 nitrogen and oxygen atoms in total. The van der Waals surface area contributed by atoms with Gasteiger partial charge in [0.05, 0.1) is 6.61 Å². The van der Waals surface area contributed by atoms with Gasteiger partial charge in [0.1, 0.15) is 6.23 Å². The Hall–Kier alpha value is -0.120. The molecule has 2 fully saturated rings. The third kappa shape index (κ3) is 1.92. The van der Waals surface area contributed by atoms with Crippen molar-refractivity contribution >= 4 is 0 Å². The first kappa shape index (κ1) is 7.53. The highest BCUT2D eigenvalue weighted by molar-refractivity contribution is 4.81. The van der Waals surface area contributed by atoms with Crippen molar-refractivity contribution in [2.75, 3.05) is 26.2 Å². The van der Waals surface area contributed by atoms with Crippen LogP contribution in [0, 0.1) is 11.8 Å². The summed E-state index contributed by atoms with van der Waals surface area (Å²) in [6.07, 6.45) is 0.378. The Balaban J connectivity index is 1.67. The van der Waals surface area contributed by atoms with Crippen LogP contribution in [0.4, 0.5) is 0 Å². The highest BCUT2D eigenvalue weighted by Gasteiger charge is 2.27. The van der Waals surface area contributed by atoms with Crippen LogP contribution in [0.15, 0.2) is 0 Å². The van der Waals surface area contributed by atoms with Crippen LogP contribution in [-0.2, 0) is 4.74 Å². The second-order valence-corrected chi connectivity index (χ2v) is 3.63. The van der Waals surface area contributed by atoms with Gasteiger partial charge in [-0.25, -0.2) is 0 Å². The SMILES string of the molecule is C[C@@H]1CNC[C@@H]1CN[C@@H]1CO1. The molecule has 64 valence electrons. The van der Waals surface area contributed by atoms with Gasteiger partial charge >= 0.3 is 0 Å². The van der Waals surface area contributed by atoms with E-state index in [1.165, 1.54) is 13.1 Å². The van der Waals surface area contributed by atoms with Crippen LogP contribution in [0.5, 0.6) is 0 Å². The third-order valence-electron chi connectivity index (χ3n) is 2.62. The fourth-order valence-electron chi connectivity index (χ4n) is 1.59. The quantitative estimate of drug-likeness (QED) is 0.555. The lowest BCUT2D eigenvalue weighted by molar-refractivity contribution is 0.336. The van der Waals surface area contributed by atoms with Crippen molar-refractivity contribution in [3.8, 4) is 0 Å². The normalized spacial score (nSPS) is 42.8. The predicted octanol–water partition coefficient (Wildman–Crippen LogP) is -0.212. The summed E-state index contributed by atoms with van der Waals surface area (Å²) in [5.41, 5.74) is 0. The van der Waals surface area contributed by atoms with E-state index in [1.807, 2.05) is 0 Å². The Morgan fingerprint density at radius 1 is 1.55 bits per heavy atom. The fourth-order valence-corrected chi connectivity index (χ4v) is 1.59. The highest BCUT2D eigenvalue weighted by atomic mass is 16.6. The summed E-state index contributed by atoms with van der Waals surface area (Å²) in [6, 6.07) is 0. The standard InChI is InChI=1S/C8H16N2O/c1-6-2-9-3-7(6)4-10-8-5-11-8/h6-10H,2-5H2,1H3/t6-,7-,8+/m1/s1. The van der Waals surface area contributed by atoms with E-state index in [4.69, 9.17) is 4.74 Å². The van der Waals surface area contributed by atoms with Crippen LogP contribution >= 0.6 is 0 Å². The van der Waals surface area contributed by atoms with Gasteiger partial charge in [-0.05, 0) is 24.9 Å². The van der Waals surface area contributed by atoms with Crippen LogP contribution in [-0.4, -0.2) is 32.5 Å². The molecule has 0 unspecified atom stereocenters. The number of hydrogen-bond donors (Lipinski definition) is 2. The van der Waals surface area contributed by atoms with Gasteiger partial charge in [-0.1, -0.05) is 6.92 Å². The van der Waals surface area contributed by atoms with E-state index in [0.717, 1.165) is 25.0 Å². The highest BCUT2D eigenvalue weighted by Crippen LogP contribution is 2.15. The lowest BCUT2D eigenvalue weighted by Gasteiger charge is -2.13. The maximum Gasteiger partial charge on any atom is 0.132 e. The number of ether oxygens (including phenoxy) is 1. The summed E-state index contributed by atoms with van der Waals surface area (Å²) in [7, 11) is 0. The van der Waals surface area contributed by atoms with E-state index in [1.54, 1.807) is 0 Å². The zero-order chi connectivity index (χ0) is 7.68. The Morgan fingerprint density at radius 2 is 2.36 bits per heavy atom. The monoisotopic (exact) mass is 156 g/mol. The number of nitrogens with one attached hydrogen (secondary N) is 2. The summed E-state index contributed by atoms with van der Waals surface area (Å²) < 4.78 is 5.07. The zero-order valence-electron chi connectivity index (χ0n) is 6.97. The van der Waals surface area contributed by atoms with Crippen molar-refractivity contribution < 1.29 is 4.74 Å². The van der Waals surface area contributed by atoms with Crippen molar-refractivity contribution in [2.45, 2.75) is 13.2 Å². The largest absolute Gasteiger partial charge is 0.357 e. The van der Waals surface area contributed by atoms with Crippen molar-refractivity contribution in [1.82, 2.24) is 10.6 Å². The van der Waals surface area contributed by atoms with Gasteiger partial charge in [0.25, 0.3) is 0 Å². The second kappa shape index (κ2) is 3.09. The molecule has 2 N–H and O–H groups in total. The molecule has 2 aliphatic heterocycles. The van der Waals surface area contributed by atoms with E-state index in [-0.39, 0.29) is 0 Å². The molecular weight excluding hydrogens is 140 g/mol. The molecule has 3 heteroatoms. The smallest absolute Gasteiger partial charge is 0.132 e. The first-order valence-electron chi connectivity index (χ1n) is 4.42. The summed E-state index contributed by atoms with van der Waals surface area (Å²) in [5.74, 6) is 1.63. The lowest BCUT2D eigenvalue weighted by Crippen LogP contribution is -2.29. The van der Waals surface area contributed by atoms with Gasteiger partial charge in [0, 0.05) is 6.54 Å². The minimum Gasteiger partial charge on any atom is -0.357 e. The van der Waals surface area contributed by atoms with E-state index >= 15 is 0 Å². The van der Waals surface area contributed by atoms with E-state index in [0.29, 0.717) is 6.23 Å². The first-order chi connectivity index (χ1) is 5.36. The van der Waals surface area contributed by atoms with Crippen molar-refractivity contribution in [3.63, 3.8) is 0 Å². The van der Waals surface area contributed by atoms with Gasteiger partial charge < -0.3 is 10.1 Å². The van der Waals surface area contributed by atoms with Crippen LogP contribution in [0.25, 0.3) is 0 Å². The van der Waals surface area contributed by atoms with E-state index in [2.05, 4.69) is 17.6 Å².